The van der Waals surface area contributed by atoms with Gasteiger partial charge in [0.1, 0.15) is 49.4 Å². The van der Waals surface area contributed by atoms with Gasteiger partial charge in [-0.25, -0.2) is 26.4 Å². The van der Waals surface area contributed by atoms with Gasteiger partial charge in [0.25, 0.3) is 20.0 Å². The van der Waals surface area contributed by atoms with E-state index in [1.165, 1.54) is 24.3 Å². The number of ether oxygens (including phenoxy) is 4. The van der Waals surface area contributed by atoms with Crippen molar-refractivity contribution in [1.82, 2.24) is 0 Å². The fourth-order valence-electron chi connectivity index (χ4n) is 6.49. The van der Waals surface area contributed by atoms with Crippen LogP contribution in [0.3, 0.4) is 0 Å². The van der Waals surface area contributed by atoms with Gasteiger partial charge in [0.15, 0.2) is 0 Å². The molecule has 14 nitrogen and oxygen atoms in total. The Balaban J connectivity index is 0.000000244. The minimum Gasteiger partial charge on any atom is -0.490 e. The minimum absolute atomic E-state index is 0.0729. The minimum atomic E-state index is -3.81. The van der Waals surface area contributed by atoms with Crippen molar-refractivity contribution in [2.24, 2.45) is 0 Å². The molecule has 0 unspecified atom stereocenters. The molecule has 342 valence electrons. The molecule has 0 aliphatic heterocycles. The predicted molar refractivity (Wildman–Crippen MR) is 249 cm³/mol. The number of rotatable bonds is 18. The van der Waals surface area contributed by atoms with Crippen molar-refractivity contribution < 1.29 is 55.6 Å². The van der Waals surface area contributed by atoms with E-state index in [4.69, 9.17) is 29.2 Å². The Morgan fingerprint density at radius 1 is 0.523 bits per heavy atom. The van der Waals surface area contributed by atoms with Crippen LogP contribution in [0.1, 0.15) is 63.7 Å². The quantitative estimate of drug-likeness (QED) is 0.0596. The number of nitrogens with one attached hydrogen (secondary N) is 2. The molecule has 0 spiro atoms. The van der Waals surface area contributed by atoms with Crippen LogP contribution in [0.5, 0.6) is 23.0 Å². The monoisotopic (exact) mass is 924 g/mol. The molecule has 6 aromatic rings. The third-order valence-corrected chi connectivity index (χ3v) is 12.6. The Kier molecular flexibility index (Phi) is 16.2. The van der Waals surface area contributed by atoms with Gasteiger partial charge in [-0.2, -0.15) is 0 Å². The van der Waals surface area contributed by atoms with Gasteiger partial charge < -0.3 is 29.2 Å². The zero-order valence-corrected chi connectivity index (χ0v) is 38.5. The highest BCUT2D eigenvalue weighted by atomic mass is 32.2. The number of carboxylic acids is 2. The standard InChI is InChI=1S/C25H27NO6S.C24H25NO6S/c1-25(2,3)19-10-14-21(15-11-19)33(29,30)26-22-6-4-5-7-23(22)32-17-16-31-20-12-8-18(9-13-20)24(27)28;1-16-14-17(2)23(18(3)15-16)32(28,29)25-21-6-4-5-7-22(21)31-13-12-30-20-10-8-19(9-11-20)24(26)27/h4-15,26H,16-17H2,1-3H3,(H,27,28);4-11,14-15,25H,12-13H2,1-3H3,(H,26,27). The fourth-order valence-corrected chi connectivity index (χ4v) is 9.08. The highest BCUT2D eigenvalue weighted by Gasteiger charge is 2.22. The first-order valence-electron chi connectivity index (χ1n) is 20.3. The first-order chi connectivity index (χ1) is 30.7. The van der Waals surface area contributed by atoms with E-state index in [1.807, 2.05) is 31.2 Å². The highest BCUT2D eigenvalue weighted by Crippen LogP contribution is 2.31. The summed E-state index contributed by atoms with van der Waals surface area (Å²) in [5.74, 6) is -0.237. The van der Waals surface area contributed by atoms with Crippen LogP contribution >= 0.6 is 0 Å². The average Bonchev–Trinajstić information content (AvgIpc) is 3.24. The van der Waals surface area contributed by atoms with E-state index >= 15 is 0 Å². The maximum atomic E-state index is 13.1. The third kappa shape index (κ3) is 14.0. The molecular weight excluding hydrogens is 873 g/mol. The normalized spacial score (nSPS) is 11.4. The molecule has 0 aliphatic carbocycles. The van der Waals surface area contributed by atoms with Crippen LogP contribution in [-0.2, 0) is 25.5 Å². The molecule has 0 bridgehead atoms. The molecule has 0 aliphatic rings. The van der Waals surface area contributed by atoms with Crippen molar-refractivity contribution in [3.05, 3.63) is 167 Å². The van der Waals surface area contributed by atoms with Crippen molar-refractivity contribution in [3.63, 3.8) is 0 Å². The zero-order chi connectivity index (χ0) is 47.4. The Morgan fingerprint density at radius 3 is 1.31 bits per heavy atom. The average molecular weight is 925 g/mol. The van der Waals surface area contributed by atoms with E-state index in [0.29, 0.717) is 45.5 Å². The highest BCUT2D eigenvalue weighted by molar-refractivity contribution is 7.93. The topological polar surface area (TPSA) is 204 Å². The number of hydrogen-bond donors (Lipinski definition) is 4. The Hall–Kier alpha value is -7.04. The van der Waals surface area contributed by atoms with Gasteiger partial charge in [0.05, 0.1) is 32.3 Å². The van der Waals surface area contributed by atoms with Crippen LogP contribution < -0.4 is 28.4 Å². The second-order valence-electron chi connectivity index (χ2n) is 15.8. The van der Waals surface area contributed by atoms with E-state index < -0.39 is 32.0 Å². The maximum Gasteiger partial charge on any atom is 0.335 e. The van der Waals surface area contributed by atoms with E-state index in [0.717, 1.165) is 11.1 Å². The van der Waals surface area contributed by atoms with E-state index in [2.05, 4.69) is 30.2 Å². The second kappa shape index (κ2) is 21.6. The van der Waals surface area contributed by atoms with E-state index in [1.54, 1.807) is 98.8 Å². The van der Waals surface area contributed by atoms with Gasteiger partial charge in [-0.3, -0.25) is 9.44 Å². The lowest BCUT2D eigenvalue weighted by molar-refractivity contribution is 0.0686. The number of aryl methyl sites for hydroxylation is 3. The number of para-hydroxylation sites is 4. The summed E-state index contributed by atoms with van der Waals surface area (Å²) in [7, 11) is -7.60. The molecule has 6 rings (SSSR count). The molecular formula is C49H52N2O12S2. The first kappa shape index (κ1) is 49.0. The summed E-state index contributed by atoms with van der Waals surface area (Å²) in [5, 5.41) is 17.9. The van der Waals surface area contributed by atoms with Gasteiger partial charge >= 0.3 is 11.9 Å². The summed E-state index contributed by atoms with van der Waals surface area (Å²) < 4.78 is 79.7. The molecule has 0 aromatic heterocycles. The number of carboxylic acid groups (broad SMARTS) is 2. The summed E-state index contributed by atoms with van der Waals surface area (Å²) in [5.41, 5.74) is 4.33. The Morgan fingerprint density at radius 2 is 0.908 bits per heavy atom. The molecule has 0 saturated heterocycles. The van der Waals surface area contributed by atoms with Crippen LogP contribution in [0.4, 0.5) is 11.4 Å². The molecule has 6 aromatic carbocycles. The van der Waals surface area contributed by atoms with Crippen LogP contribution in [0.15, 0.2) is 143 Å². The van der Waals surface area contributed by atoms with Crippen molar-refractivity contribution in [3.8, 4) is 23.0 Å². The van der Waals surface area contributed by atoms with E-state index in [9.17, 15) is 26.4 Å². The van der Waals surface area contributed by atoms with E-state index in [-0.39, 0.29) is 52.8 Å². The molecule has 0 saturated carbocycles. The van der Waals surface area contributed by atoms with Crippen molar-refractivity contribution in [2.75, 3.05) is 35.9 Å². The lowest BCUT2D eigenvalue weighted by Crippen LogP contribution is -2.17. The SMILES string of the molecule is CC(C)(C)c1ccc(S(=O)(=O)Nc2ccccc2OCCOc2ccc(C(=O)O)cc2)cc1.Cc1cc(C)c(S(=O)(=O)Nc2ccccc2OCCOc2ccc(C(=O)O)cc2)c(C)c1. The second-order valence-corrected chi connectivity index (χ2v) is 19.1. The zero-order valence-electron chi connectivity index (χ0n) is 36.8. The molecule has 65 heavy (non-hydrogen) atoms. The van der Waals surface area contributed by atoms with Gasteiger partial charge in [-0.1, -0.05) is 74.9 Å². The van der Waals surface area contributed by atoms with Crippen molar-refractivity contribution in [1.29, 1.82) is 0 Å². The summed E-state index contributed by atoms with van der Waals surface area (Å²) in [6, 6.07) is 36.1. The van der Waals surface area contributed by atoms with Crippen LogP contribution in [-0.4, -0.2) is 65.4 Å². The maximum absolute atomic E-state index is 13.1. The van der Waals surface area contributed by atoms with Crippen LogP contribution in [0, 0.1) is 20.8 Å². The molecule has 0 radical (unpaired) electrons. The molecule has 0 fully saturated rings. The van der Waals surface area contributed by atoms with Gasteiger partial charge in [0.2, 0.25) is 0 Å². The van der Waals surface area contributed by atoms with Crippen molar-refractivity contribution >= 4 is 43.4 Å². The summed E-state index contributed by atoms with van der Waals surface area (Å²) >= 11 is 0. The summed E-state index contributed by atoms with van der Waals surface area (Å²) in [6.07, 6.45) is 0. The number of benzene rings is 6. The molecule has 0 atom stereocenters. The molecule has 0 amide bonds. The first-order valence-corrected chi connectivity index (χ1v) is 23.3. The molecule has 4 N–H and O–H groups in total. The molecule has 16 heteroatoms. The third-order valence-electron chi connectivity index (χ3n) is 9.59. The lowest BCUT2D eigenvalue weighted by Gasteiger charge is -2.19. The van der Waals surface area contributed by atoms with Gasteiger partial charge in [-0.15, -0.1) is 0 Å². The Bertz CT molecular complexity index is 2780. The van der Waals surface area contributed by atoms with Gasteiger partial charge in [0, 0.05) is 0 Å². The number of hydrogen-bond acceptors (Lipinski definition) is 10. The summed E-state index contributed by atoms with van der Waals surface area (Å²) in [4.78, 5) is 22.2. The molecule has 0 heterocycles. The Labute approximate surface area is 379 Å². The summed E-state index contributed by atoms with van der Waals surface area (Å²) in [6.45, 7) is 12.4. The van der Waals surface area contributed by atoms with Crippen LogP contribution in [0.25, 0.3) is 0 Å². The number of carbonyl (C=O) groups is 2. The lowest BCUT2D eigenvalue weighted by atomic mass is 9.87. The van der Waals surface area contributed by atoms with Gasteiger partial charge in [-0.05, 0) is 128 Å². The number of aromatic carboxylic acids is 2. The number of anilines is 2. The van der Waals surface area contributed by atoms with Crippen molar-refractivity contribution in [2.45, 2.75) is 56.7 Å². The number of sulfonamides is 2. The fraction of sp³-hybridized carbons (Fsp3) is 0.224. The smallest absolute Gasteiger partial charge is 0.335 e. The largest absolute Gasteiger partial charge is 0.490 e. The predicted octanol–water partition coefficient (Wildman–Crippen LogP) is 9.51. The van der Waals surface area contributed by atoms with Crippen LogP contribution in [0.2, 0.25) is 0 Å².